The fourth-order valence-electron chi connectivity index (χ4n) is 3.51. The number of hydrogen-bond acceptors (Lipinski definition) is 7. The first-order valence-electron chi connectivity index (χ1n) is 12.3. The lowest BCUT2D eigenvalue weighted by atomic mass is 10.1. The summed E-state index contributed by atoms with van der Waals surface area (Å²) in [7, 11) is 1.54. The van der Waals surface area contributed by atoms with Crippen molar-refractivity contribution in [3.63, 3.8) is 0 Å². The summed E-state index contributed by atoms with van der Waals surface area (Å²) >= 11 is 0. The molecule has 0 aliphatic carbocycles. The van der Waals surface area contributed by atoms with Crippen molar-refractivity contribution in [2.75, 3.05) is 7.11 Å². The number of methoxy groups -OCH3 is 1. The highest BCUT2D eigenvalue weighted by Gasteiger charge is 2.11. The largest absolute Gasteiger partial charge is 0.497 e. The Morgan fingerprint density at radius 3 is 2.00 bits per heavy atom. The van der Waals surface area contributed by atoms with E-state index in [1.54, 1.807) is 92.0 Å². The van der Waals surface area contributed by atoms with Crippen molar-refractivity contribution in [2.45, 2.75) is 6.92 Å². The van der Waals surface area contributed by atoms with Crippen molar-refractivity contribution in [3.8, 4) is 17.2 Å². The number of nitrogens with one attached hydrogen (secondary N) is 1. The van der Waals surface area contributed by atoms with Gasteiger partial charge >= 0.3 is 11.9 Å². The van der Waals surface area contributed by atoms with Gasteiger partial charge in [0.05, 0.1) is 18.9 Å². The maximum Gasteiger partial charge on any atom is 0.343 e. The summed E-state index contributed by atoms with van der Waals surface area (Å²) in [5, 5.41) is 3.98. The van der Waals surface area contributed by atoms with Crippen LogP contribution in [0, 0.1) is 6.92 Å². The lowest BCUT2D eigenvalue weighted by molar-refractivity contribution is -0.128. The number of carbonyl (C=O) groups is 3. The molecule has 1 N–H and O–H groups in total. The smallest absolute Gasteiger partial charge is 0.343 e. The maximum absolute atomic E-state index is 12.6. The van der Waals surface area contributed by atoms with Gasteiger partial charge in [-0.05, 0) is 67.6 Å². The molecule has 8 heteroatoms. The lowest BCUT2D eigenvalue weighted by Gasteiger charge is -2.08. The van der Waals surface area contributed by atoms with Crippen LogP contribution in [0.15, 0.2) is 108 Å². The number of aryl methyl sites for hydroxylation is 1. The Balaban J connectivity index is 1.39. The van der Waals surface area contributed by atoms with Crippen molar-refractivity contribution >= 4 is 30.1 Å². The van der Waals surface area contributed by atoms with Crippen LogP contribution < -0.4 is 19.6 Å². The van der Waals surface area contributed by atoms with Crippen LogP contribution >= 0.6 is 0 Å². The topological polar surface area (TPSA) is 103 Å². The Hall–Kier alpha value is -5.50. The molecule has 0 bridgehead atoms. The van der Waals surface area contributed by atoms with E-state index in [1.807, 2.05) is 19.1 Å². The van der Waals surface area contributed by atoms with E-state index in [-0.39, 0.29) is 5.75 Å². The Morgan fingerprint density at radius 2 is 1.32 bits per heavy atom. The number of carbonyl (C=O) groups excluding carboxylic acids is 3. The van der Waals surface area contributed by atoms with Gasteiger partial charge in [-0.15, -0.1) is 0 Å². The molecule has 0 aliphatic rings. The minimum Gasteiger partial charge on any atom is -0.497 e. The second-order valence-corrected chi connectivity index (χ2v) is 8.51. The Kier molecular flexibility index (Phi) is 9.18. The number of rotatable bonds is 9. The molecule has 8 nitrogen and oxygen atoms in total. The Morgan fingerprint density at radius 1 is 0.725 bits per heavy atom. The van der Waals surface area contributed by atoms with E-state index in [2.05, 4.69) is 10.5 Å². The normalized spacial score (nSPS) is 10.8. The molecule has 0 fully saturated rings. The SMILES string of the molecule is COc1ccc(C(=O)N/N=C/c2ccccc2OC(=O)/C=C/c2ccccc2OC(=O)c2ccc(C)cc2)cc1. The Bertz CT molecular complexity index is 1560. The number of amides is 1. The third kappa shape index (κ3) is 7.52. The van der Waals surface area contributed by atoms with Gasteiger partial charge in [-0.3, -0.25) is 4.79 Å². The highest BCUT2D eigenvalue weighted by Crippen LogP contribution is 2.22. The van der Waals surface area contributed by atoms with E-state index >= 15 is 0 Å². The zero-order valence-corrected chi connectivity index (χ0v) is 21.9. The van der Waals surface area contributed by atoms with Crippen molar-refractivity contribution < 1.29 is 28.6 Å². The molecule has 0 spiro atoms. The van der Waals surface area contributed by atoms with Crippen LogP contribution in [0.25, 0.3) is 6.08 Å². The summed E-state index contributed by atoms with van der Waals surface area (Å²) in [5.74, 6) is -0.371. The third-order valence-corrected chi connectivity index (χ3v) is 5.66. The summed E-state index contributed by atoms with van der Waals surface area (Å²) in [6.45, 7) is 1.93. The van der Waals surface area contributed by atoms with Crippen LogP contribution in [0.3, 0.4) is 0 Å². The van der Waals surface area contributed by atoms with Crippen LogP contribution in [0.5, 0.6) is 17.2 Å². The van der Waals surface area contributed by atoms with Gasteiger partial charge in [0.2, 0.25) is 0 Å². The molecule has 0 saturated heterocycles. The first-order valence-corrected chi connectivity index (χ1v) is 12.3. The first-order chi connectivity index (χ1) is 19.4. The third-order valence-electron chi connectivity index (χ3n) is 5.66. The summed E-state index contributed by atoms with van der Waals surface area (Å²) in [6.07, 6.45) is 4.12. The maximum atomic E-state index is 12.6. The average Bonchev–Trinajstić information content (AvgIpc) is 2.98. The molecule has 0 heterocycles. The zero-order chi connectivity index (χ0) is 28.3. The molecular weight excluding hydrogens is 508 g/mol. The fourth-order valence-corrected chi connectivity index (χ4v) is 3.51. The van der Waals surface area contributed by atoms with Crippen molar-refractivity contribution in [2.24, 2.45) is 5.10 Å². The van der Waals surface area contributed by atoms with E-state index in [4.69, 9.17) is 14.2 Å². The molecule has 0 atom stereocenters. The molecule has 0 aromatic heterocycles. The molecule has 0 saturated carbocycles. The van der Waals surface area contributed by atoms with Gasteiger partial charge in [-0.1, -0.05) is 48.0 Å². The number of esters is 2. The van der Waals surface area contributed by atoms with Crippen LogP contribution in [-0.4, -0.2) is 31.2 Å². The highest BCUT2D eigenvalue weighted by atomic mass is 16.5. The number of ether oxygens (including phenoxy) is 3. The lowest BCUT2D eigenvalue weighted by Crippen LogP contribution is -2.17. The minimum absolute atomic E-state index is 0.249. The minimum atomic E-state index is -0.650. The Labute approximate surface area is 231 Å². The first kappa shape index (κ1) is 27.5. The number of benzene rings is 4. The molecule has 4 aromatic rings. The van der Waals surface area contributed by atoms with Gasteiger partial charge < -0.3 is 14.2 Å². The number of hydrazone groups is 1. The predicted octanol–water partition coefficient (Wildman–Crippen LogP) is 5.61. The predicted molar refractivity (Wildman–Crippen MR) is 152 cm³/mol. The zero-order valence-electron chi connectivity index (χ0n) is 21.9. The van der Waals surface area contributed by atoms with Crippen LogP contribution in [0.2, 0.25) is 0 Å². The molecule has 4 aromatic carbocycles. The van der Waals surface area contributed by atoms with E-state index in [0.29, 0.717) is 33.8 Å². The fraction of sp³-hybridized carbons (Fsp3) is 0.0625. The molecule has 40 heavy (non-hydrogen) atoms. The van der Waals surface area contributed by atoms with E-state index in [9.17, 15) is 14.4 Å². The summed E-state index contributed by atoms with van der Waals surface area (Å²) in [6, 6.07) is 27.2. The molecule has 0 unspecified atom stereocenters. The second kappa shape index (κ2) is 13.3. The highest BCUT2D eigenvalue weighted by molar-refractivity contribution is 5.96. The van der Waals surface area contributed by atoms with Crippen LogP contribution in [0.4, 0.5) is 0 Å². The van der Waals surface area contributed by atoms with Crippen molar-refractivity contribution in [1.29, 1.82) is 0 Å². The summed E-state index contributed by atoms with van der Waals surface area (Å²) < 4.78 is 16.1. The van der Waals surface area contributed by atoms with Crippen molar-refractivity contribution in [1.82, 2.24) is 5.43 Å². The number of para-hydroxylation sites is 2. The van der Waals surface area contributed by atoms with Gasteiger partial charge in [0.15, 0.2) is 0 Å². The molecule has 0 aliphatic heterocycles. The molecule has 1 amide bonds. The van der Waals surface area contributed by atoms with E-state index in [0.717, 1.165) is 5.56 Å². The standard InChI is InChI=1S/C32H26N2O6/c1-22-11-13-25(14-12-22)32(37)40-28-9-5-3-7-23(28)17-20-30(35)39-29-10-6-4-8-26(29)21-33-34-31(36)24-15-18-27(38-2)19-16-24/h3-21H,1-2H3,(H,34,36)/b20-17+,33-21+. The molecule has 4 rings (SSSR count). The van der Waals surface area contributed by atoms with E-state index < -0.39 is 17.8 Å². The van der Waals surface area contributed by atoms with Gasteiger partial charge in [-0.25, -0.2) is 15.0 Å². The van der Waals surface area contributed by atoms with Crippen LogP contribution in [0.1, 0.15) is 37.4 Å². The monoisotopic (exact) mass is 534 g/mol. The number of hydrogen-bond donors (Lipinski definition) is 1. The summed E-state index contributed by atoms with van der Waals surface area (Å²) in [4.78, 5) is 37.5. The summed E-state index contributed by atoms with van der Waals surface area (Å²) in [5.41, 5.74) is 5.31. The van der Waals surface area contributed by atoms with Crippen molar-refractivity contribution in [3.05, 3.63) is 131 Å². The van der Waals surface area contributed by atoms with Crippen LogP contribution in [-0.2, 0) is 4.79 Å². The van der Waals surface area contributed by atoms with Gasteiger partial charge in [0.1, 0.15) is 17.2 Å². The quantitative estimate of drug-likeness (QED) is 0.0985. The molecule has 0 radical (unpaired) electrons. The van der Waals surface area contributed by atoms with E-state index in [1.165, 1.54) is 18.4 Å². The molecule has 200 valence electrons. The van der Waals surface area contributed by atoms with Gasteiger partial charge in [0, 0.05) is 22.8 Å². The molecular formula is C32H26N2O6. The number of nitrogens with zero attached hydrogens (tertiary/aromatic N) is 1. The van der Waals surface area contributed by atoms with Gasteiger partial charge in [0.25, 0.3) is 5.91 Å². The van der Waals surface area contributed by atoms with Gasteiger partial charge in [-0.2, -0.15) is 5.10 Å². The average molecular weight is 535 g/mol. The second-order valence-electron chi connectivity index (χ2n) is 8.51.